The Morgan fingerprint density at radius 2 is 1.32 bits per heavy atom. The predicted octanol–water partition coefficient (Wildman–Crippen LogP) is 1.59. The van der Waals surface area contributed by atoms with Crippen molar-refractivity contribution < 1.29 is 9.26 Å². The molecule has 0 saturated heterocycles. The van der Waals surface area contributed by atoms with Gasteiger partial charge in [0.05, 0.1) is 9.75 Å². The zero-order valence-corrected chi connectivity index (χ0v) is 9.88. The summed E-state index contributed by atoms with van der Waals surface area (Å²) in [5.74, 6) is 0. The van der Waals surface area contributed by atoms with Crippen LogP contribution < -0.4 is 0 Å². The van der Waals surface area contributed by atoms with Gasteiger partial charge in [0, 0.05) is 0 Å². The Morgan fingerprint density at radius 1 is 0.842 bits per heavy atom. The first-order valence-corrected chi connectivity index (χ1v) is 5.71. The van der Waals surface area contributed by atoms with Crippen molar-refractivity contribution in [2.75, 3.05) is 0 Å². The second kappa shape index (κ2) is 4.33. The highest BCUT2D eigenvalue weighted by Crippen LogP contribution is 2.34. The zero-order chi connectivity index (χ0) is 13.2. The van der Waals surface area contributed by atoms with Gasteiger partial charge in [0.15, 0.2) is 11.4 Å². The third kappa shape index (κ3) is 1.74. The maximum Gasteiger partial charge on any atom is 0.213 e. The van der Waals surface area contributed by atoms with Crippen molar-refractivity contribution in [3.05, 3.63) is 23.5 Å². The summed E-state index contributed by atoms with van der Waals surface area (Å²) in [4.78, 5) is 1.36. The molecular weight excluding hydrogens is 268 g/mol. The van der Waals surface area contributed by atoms with Crippen LogP contribution in [0.1, 0.15) is 11.4 Å². The molecule has 0 spiro atoms. The molecule has 0 N–H and O–H groups in total. The van der Waals surface area contributed by atoms with Crippen molar-refractivity contribution in [2.45, 2.75) is 0 Å². The Kier molecular flexibility index (Phi) is 2.52. The normalized spacial score (nSPS) is 10.0. The second-order valence-corrected chi connectivity index (χ2v) is 4.39. The number of hydrogen-bond acceptors (Lipinski definition) is 9. The molecule has 3 aromatic heterocycles. The molecule has 0 aromatic carbocycles. The van der Waals surface area contributed by atoms with Gasteiger partial charge >= 0.3 is 0 Å². The van der Waals surface area contributed by atoms with Crippen molar-refractivity contribution in [3.63, 3.8) is 0 Å². The highest BCUT2D eigenvalue weighted by atomic mass is 32.1. The fourth-order valence-corrected chi connectivity index (χ4v) is 2.41. The molecular formula is C10H2N6O2S. The van der Waals surface area contributed by atoms with E-state index in [9.17, 15) is 0 Å². The van der Waals surface area contributed by atoms with Gasteiger partial charge in [-0.15, -0.1) is 11.3 Å². The van der Waals surface area contributed by atoms with Crippen LogP contribution in [0.25, 0.3) is 21.1 Å². The van der Waals surface area contributed by atoms with E-state index in [0.29, 0.717) is 21.1 Å². The molecule has 0 fully saturated rings. The van der Waals surface area contributed by atoms with Crippen LogP contribution in [0, 0.1) is 22.7 Å². The number of hydrogen-bond donors (Lipinski definition) is 0. The van der Waals surface area contributed by atoms with Gasteiger partial charge in [0.25, 0.3) is 0 Å². The molecule has 19 heavy (non-hydrogen) atoms. The largest absolute Gasteiger partial charge is 0.243 e. The molecule has 3 rings (SSSR count). The van der Waals surface area contributed by atoms with E-state index in [4.69, 9.17) is 10.5 Å². The van der Waals surface area contributed by atoms with Gasteiger partial charge < -0.3 is 0 Å². The topological polar surface area (TPSA) is 125 Å². The number of nitrogens with zero attached hydrogens (tertiary/aromatic N) is 6. The number of aromatic nitrogens is 4. The van der Waals surface area contributed by atoms with Crippen LogP contribution in [0.4, 0.5) is 0 Å². The minimum absolute atomic E-state index is 0.104. The minimum Gasteiger partial charge on any atom is -0.243 e. The van der Waals surface area contributed by atoms with Crippen molar-refractivity contribution in [2.24, 2.45) is 0 Å². The van der Waals surface area contributed by atoms with E-state index in [-0.39, 0.29) is 11.4 Å². The molecule has 0 aliphatic heterocycles. The summed E-state index contributed by atoms with van der Waals surface area (Å²) in [6.45, 7) is 0. The standard InChI is InChI=1S/C10H2N6O2S/c11-3-5-9(15-17-13-5)7-1-2-8(19-7)10-6(4-12)14-18-16-10/h1-2H. The molecule has 9 heteroatoms. The van der Waals surface area contributed by atoms with Gasteiger partial charge in [-0.3, -0.25) is 0 Å². The molecule has 8 nitrogen and oxygen atoms in total. The Bertz CT molecular complexity index is 751. The van der Waals surface area contributed by atoms with Gasteiger partial charge in [0.1, 0.15) is 12.1 Å². The summed E-state index contributed by atoms with van der Waals surface area (Å²) >= 11 is 1.28. The Morgan fingerprint density at radius 3 is 1.74 bits per heavy atom. The predicted molar refractivity (Wildman–Crippen MR) is 60.3 cm³/mol. The van der Waals surface area contributed by atoms with Crippen LogP contribution in [-0.4, -0.2) is 20.6 Å². The summed E-state index contributed by atoms with van der Waals surface area (Å²) < 4.78 is 9.04. The highest BCUT2D eigenvalue weighted by Gasteiger charge is 2.18. The number of rotatable bonds is 2. The maximum absolute atomic E-state index is 8.85. The molecule has 0 atom stereocenters. The molecule has 0 saturated carbocycles. The van der Waals surface area contributed by atoms with E-state index >= 15 is 0 Å². The van der Waals surface area contributed by atoms with E-state index in [1.54, 1.807) is 12.1 Å². The van der Waals surface area contributed by atoms with Crippen LogP contribution >= 0.6 is 11.3 Å². The lowest BCUT2D eigenvalue weighted by atomic mass is 10.2. The first-order chi connectivity index (χ1) is 9.33. The van der Waals surface area contributed by atoms with E-state index in [2.05, 4.69) is 29.9 Å². The van der Waals surface area contributed by atoms with Crippen LogP contribution in [0.5, 0.6) is 0 Å². The summed E-state index contributed by atoms with van der Waals surface area (Å²) in [7, 11) is 0. The molecule has 0 radical (unpaired) electrons. The first kappa shape index (κ1) is 11.1. The Balaban J connectivity index is 2.06. The molecule has 90 valence electrons. The number of nitriles is 2. The first-order valence-electron chi connectivity index (χ1n) is 4.89. The van der Waals surface area contributed by atoms with Gasteiger partial charge in [-0.25, -0.2) is 9.26 Å². The SMILES string of the molecule is N#Cc1nonc1-c1ccc(-c2nonc2C#N)s1. The lowest BCUT2D eigenvalue weighted by Crippen LogP contribution is -1.78. The van der Waals surface area contributed by atoms with Gasteiger partial charge in [-0.05, 0) is 32.8 Å². The molecule has 0 unspecified atom stereocenters. The van der Waals surface area contributed by atoms with Gasteiger partial charge in [-0.2, -0.15) is 10.5 Å². The highest BCUT2D eigenvalue weighted by molar-refractivity contribution is 7.18. The van der Waals surface area contributed by atoms with Crippen LogP contribution in [-0.2, 0) is 0 Å². The van der Waals surface area contributed by atoms with E-state index < -0.39 is 0 Å². The fraction of sp³-hybridized carbons (Fsp3) is 0. The molecule has 0 aliphatic rings. The van der Waals surface area contributed by atoms with E-state index in [1.807, 2.05) is 12.1 Å². The van der Waals surface area contributed by atoms with Crippen LogP contribution in [0.15, 0.2) is 21.4 Å². The fourth-order valence-electron chi connectivity index (χ4n) is 1.44. The lowest BCUT2D eigenvalue weighted by molar-refractivity contribution is 0.307. The summed E-state index contributed by atoms with van der Waals surface area (Å²) in [5.41, 5.74) is 0.918. The average Bonchev–Trinajstić information content (AvgIpc) is 3.16. The van der Waals surface area contributed by atoms with Crippen molar-refractivity contribution in [3.8, 4) is 33.3 Å². The third-order valence-electron chi connectivity index (χ3n) is 2.26. The third-order valence-corrected chi connectivity index (χ3v) is 3.36. The second-order valence-electron chi connectivity index (χ2n) is 3.31. The van der Waals surface area contributed by atoms with E-state index in [1.165, 1.54) is 11.3 Å². The van der Waals surface area contributed by atoms with Crippen molar-refractivity contribution >= 4 is 11.3 Å². The zero-order valence-electron chi connectivity index (χ0n) is 9.06. The molecule has 3 aromatic rings. The minimum atomic E-state index is 0.104. The van der Waals surface area contributed by atoms with E-state index in [0.717, 1.165) is 0 Å². The maximum atomic E-state index is 8.85. The van der Waals surface area contributed by atoms with Crippen LogP contribution in [0.3, 0.4) is 0 Å². The summed E-state index contributed by atoms with van der Waals surface area (Å²) in [6.07, 6.45) is 0. The summed E-state index contributed by atoms with van der Waals surface area (Å²) in [5, 5.41) is 32.0. The Hall–Kier alpha value is -3.04. The summed E-state index contributed by atoms with van der Waals surface area (Å²) in [6, 6.07) is 7.23. The van der Waals surface area contributed by atoms with Gasteiger partial charge in [-0.1, -0.05) is 0 Å². The molecule has 0 amide bonds. The molecule has 0 aliphatic carbocycles. The van der Waals surface area contributed by atoms with Crippen molar-refractivity contribution in [1.82, 2.24) is 20.6 Å². The van der Waals surface area contributed by atoms with Crippen LogP contribution in [0.2, 0.25) is 0 Å². The molecule has 0 bridgehead atoms. The van der Waals surface area contributed by atoms with Crippen molar-refractivity contribution in [1.29, 1.82) is 10.5 Å². The lowest BCUT2D eigenvalue weighted by Gasteiger charge is -1.87. The quantitative estimate of drug-likeness (QED) is 0.687. The average molecular weight is 270 g/mol. The Labute approximate surface area is 109 Å². The monoisotopic (exact) mass is 270 g/mol. The smallest absolute Gasteiger partial charge is 0.213 e. The number of thiophene rings is 1. The van der Waals surface area contributed by atoms with Gasteiger partial charge in [0.2, 0.25) is 11.4 Å². The molecule has 3 heterocycles.